The van der Waals surface area contributed by atoms with Crippen molar-refractivity contribution in [2.45, 2.75) is 18.9 Å². The summed E-state index contributed by atoms with van der Waals surface area (Å²) in [7, 11) is 0. The molecule has 0 spiro atoms. The van der Waals surface area contributed by atoms with Gasteiger partial charge in [-0.2, -0.15) is 4.98 Å². The SMILES string of the molecule is O=C(O)[C@H]1CCCN(CC(O)c2ccc(-c3noc(-c4ccc(-c5ccccn5)s4)n3)cc2)C1. The van der Waals surface area contributed by atoms with Crippen LogP contribution < -0.4 is 0 Å². The van der Waals surface area contributed by atoms with Gasteiger partial charge in [0.05, 0.1) is 27.5 Å². The van der Waals surface area contributed by atoms with Crippen LogP contribution in [-0.2, 0) is 4.79 Å². The molecule has 0 amide bonds. The average molecular weight is 477 g/mol. The Morgan fingerprint density at radius 1 is 1.15 bits per heavy atom. The zero-order valence-electron chi connectivity index (χ0n) is 18.4. The second-order valence-electron chi connectivity index (χ2n) is 8.38. The van der Waals surface area contributed by atoms with Crippen molar-refractivity contribution < 1.29 is 19.5 Å². The predicted molar refractivity (Wildman–Crippen MR) is 128 cm³/mol. The minimum atomic E-state index is -0.765. The van der Waals surface area contributed by atoms with Crippen molar-refractivity contribution >= 4 is 17.3 Å². The molecule has 174 valence electrons. The average Bonchev–Trinajstić information content (AvgIpc) is 3.55. The van der Waals surface area contributed by atoms with Crippen molar-refractivity contribution in [3.63, 3.8) is 0 Å². The molecule has 1 aliphatic heterocycles. The fraction of sp³-hybridized carbons (Fsp3) is 0.280. The Balaban J connectivity index is 1.25. The molecule has 1 saturated heterocycles. The fourth-order valence-electron chi connectivity index (χ4n) is 4.17. The van der Waals surface area contributed by atoms with Crippen LogP contribution in [0, 0.1) is 5.92 Å². The molecule has 5 rings (SSSR count). The molecule has 9 heteroatoms. The van der Waals surface area contributed by atoms with Gasteiger partial charge in [-0.05, 0) is 49.2 Å². The van der Waals surface area contributed by atoms with E-state index in [0.29, 0.717) is 31.2 Å². The molecular weight excluding hydrogens is 452 g/mol. The Morgan fingerprint density at radius 2 is 1.97 bits per heavy atom. The first-order chi connectivity index (χ1) is 16.6. The lowest BCUT2D eigenvalue weighted by atomic mass is 9.97. The Hall–Kier alpha value is -3.40. The highest BCUT2D eigenvalue weighted by Crippen LogP contribution is 2.33. The number of rotatable bonds is 7. The molecule has 1 unspecified atom stereocenters. The summed E-state index contributed by atoms with van der Waals surface area (Å²) in [4.78, 5) is 24.1. The molecule has 0 saturated carbocycles. The number of aliphatic hydroxyl groups excluding tert-OH is 1. The van der Waals surface area contributed by atoms with E-state index in [4.69, 9.17) is 4.52 Å². The molecule has 2 N–H and O–H groups in total. The number of nitrogens with zero attached hydrogens (tertiary/aromatic N) is 4. The van der Waals surface area contributed by atoms with Crippen LogP contribution in [0.5, 0.6) is 0 Å². The molecule has 4 aromatic rings. The Labute approximate surface area is 200 Å². The summed E-state index contributed by atoms with van der Waals surface area (Å²) in [6.07, 6.45) is 2.59. The Morgan fingerprint density at radius 3 is 2.74 bits per heavy atom. The van der Waals surface area contributed by atoms with Crippen molar-refractivity contribution in [2.24, 2.45) is 5.92 Å². The molecule has 1 aliphatic rings. The number of β-amino-alcohol motifs (C(OH)–C–C–N with tert-alkyl or cyclic N) is 1. The van der Waals surface area contributed by atoms with E-state index in [2.05, 4.69) is 15.1 Å². The number of aliphatic hydroxyl groups is 1. The molecule has 4 heterocycles. The van der Waals surface area contributed by atoms with E-state index in [1.165, 1.54) is 11.3 Å². The van der Waals surface area contributed by atoms with Gasteiger partial charge in [-0.1, -0.05) is 35.5 Å². The maximum Gasteiger partial charge on any atom is 0.307 e. The van der Waals surface area contributed by atoms with Gasteiger partial charge in [0.2, 0.25) is 5.82 Å². The molecule has 1 fully saturated rings. The van der Waals surface area contributed by atoms with E-state index < -0.39 is 12.1 Å². The zero-order valence-corrected chi connectivity index (χ0v) is 19.2. The number of carbonyl (C=O) groups is 1. The van der Waals surface area contributed by atoms with Gasteiger partial charge in [0.15, 0.2) is 0 Å². The van der Waals surface area contributed by atoms with Crippen LogP contribution in [0.2, 0.25) is 0 Å². The maximum atomic E-state index is 11.3. The first kappa shape index (κ1) is 22.4. The van der Waals surface area contributed by atoms with Crippen molar-refractivity contribution in [3.8, 4) is 32.7 Å². The van der Waals surface area contributed by atoms with Gasteiger partial charge in [-0.3, -0.25) is 14.7 Å². The van der Waals surface area contributed by atoms with E-state index in [1.54, 1.807) is 6.20 Å². The Bertz CT molecular complexity index is 1260. The summed E-state index contributed by atoms with van der Waals surface area (Å²) >= 11 is 1.54. The second-order valence-corrected chi connectivity index (χ2v) is 9.46. The number of benzene rings is 1. The molecule has 0 bridgehead atoms. The van der Waals surface area contributed by atoms with Gasteiger partial charge in [-0.15, -0.1) is 11.3 Å². The lowest BCUT2D eigenvalue weighted by Gasteiger charge is -2.32. The summed E-state index contributed by atoms with van der Waals surface area (Å²) in [5, 5.41) is 24.0. The van der Waals surface area contributed by atoms with Crippen LogP contribution in [0.1, 0.15) is 24.5 Å². The highest BCUT2D eigenvalue weighted by atomic mass is 32.1. The van der Waals surface area contributed by atoms with Crippen LogP contribution in [0.4, 0.5) is 0 Å². The normalized spacial score (nSPS) is 17.5. The number of hydrogen-bond acceptors (Lipinski definition) is 8. The van der Waals surface area contributed by atoms with E-state index in [-0.39, 0.29) is 5.92 Å². The van der Waals surface area contributed by atoms with Gasteiger partial charge in [0.1, 0.15) is 0 Å². The monoisotopic (exact) mass is 476 g/mol. The first-order valence-electron chi connectivity index (χ1n) is 11.2. The second kappa shape index (κ2) is 9.84. The summed E-state index contributed by atoms with van der Waals surface area (Å²) in [5.41, 5.74) is 2.45. The number of likely N-dealkylation sites (tertiary alicyclic amines) is 1. The number of aromatic nitrogens is 3. The van der Waals surface area contributed by atoms with Crippen molar-refractivity contribution in [1.29, 1.82) is 0 Å². The number of aliphatic carboxylic acids is 1. The van der Waals surface area contributed by atoms with Crippen LogP contribution >= 0.6 is 11.3 Å². The van der Waals surface area contributed by atoms with Crippen LogP contribution in [0.25, 0.3) is 32.7 Å². The largest absolute Gasteiger partial charge is 0.481 e. The molecule has 34 heavy (non-hydrogen) atoms. The minimum absolute atomic E-state index is 0.362. The van der Waals surface area contributed by atoms with E-state index >= 15 is 0 Å². The number of hydrogen-bond donors (Lipinski definition) is 2. The van der Waals surface area contributed by atoms with Crippen molar-refractivity contribution in [2.75, 3.05) is 19.6 Å². The third-order valence-electron chi connectivity index (χ3n) is 6.00. The van der Waals surface area contributed by atoms with E-state index in [9.17, 15) is 15.0 Å². The third kappa shape index (κ3) is 4.91. The molecule has 0 radical (unpaired) electrons. The van der Waals surface area contributed by atoms with Gasteiger partial charge < -0.3 is 14.7 Å². The highest BCUT2D eigenvalue weighted by Gasteiger charge is 2.26. The highest BCUT2D eigenvalue weighted by molar-refractivity contribution is 7.18. The van der Waals surface area contributed by atoms with Gasteiger partial charge >= 0.3 is 5.97 Å². The van der Waals surface area contributed by atoms with Crippen molar-refractivity contribution in [1.82, 2.24) is 20.0 Å². The molecular formula is C25H24N4O4S. The summed E-state index contributed by atoms with van der Waals surface area (Å²) < 4.78 is 5.49. The summed E-state index contributed by atoms with van der Waals surface area (Å²) in [5.74, 6) is -0.203. The first-order valence-corrected chi connectivity index (χ1v) is 12.0. The quantitative estimate of drug-likeness (QED) is 0.405. The fourth-order valence-corrected chi connectivity index (χ4v) is 5.07. The molecule has 2 atom stereocenters. The summed E-state index contributed by atoms with van der Waals surface area (Å²) in [6, 6.07) is 17.1. The van der Waals surface area contributed by atoms with E-state index in [0.717, 1.165) is 39.5 Å². The molecule has 3 aromatic heterocycles. The maximum absolute atomic E-state index is 11.3. The standard InChI is InChI=1S/C25H24N4O4S/c30-20(15-29-13-3-4-18(14-29)25(31)32)16-6-8-17(9-7-16)23-27-24(33-28-23)22-11-10-21(34-22)19-5-1-2-12-26-19/h1-2,5-12,18,20,30H,3-4,13-15H2,(H,31,32)/t18-,20?/m0/s1. The Kier molecular flexibility index (Phi) is 6.48. The van der Waals surface area contributed by atoms with Crippen LogP contribution in [0.15, 0.2) is 65.3 Å². The number of carboxylic acids is 1. The lowest BCUT2D eigenvalue weighted by molar-refractivity contribution is -0.143. The van der Waals surface area contributed by atoms with Gasteiger partial charge in [-0.25, -0.2) is 0 Å². The number of thiophene rings is 1. The number of carboxylic acid groups (broad SMARTS) is 1. The van der Waals surface area contributed by atoms with Crippen molar-refractivity contribution in [3.05, 3.63) is 66.4 Å². The van der Waals surface area contributed by atoms with Crippen LogP contribution in [-0.4, -0.2) is 55.8 Å². The van der Waals surface area contributed by atoms with Gasteiger partial charge in [0.25, 0.3) is 5.89 Å². The zero-order chi connectivity index (χ0) is 23.5. The van der Waals surface area contributed by atoms with Crippen LogP contribution in [0.3, 0.4) is 0 Å². The third-order valence-corrected chi connectivity index (χ3v) is 7.10. The molecule has 8 nitrogen and oxygen atoms in total. The molecule has 1 aromatic carbocycles. The molecule has 0 aliphatic carbocycles. The van der Waals surface area contributed by atoms with E-state index in [1.807, 2.05) is 59.5 Å². The minimum Gasteiger partial charge on any atom is -0.481 e. The summed E-state index contributed by atoms with van der Waals surface area (Å²) in [6.45, 7) is 1.68. The lowest BCUT2D eigenvalue weighted by Crippen LogP contribution is -2.40. The van der Waals surface area contributed by atoms with Gasteiger partial charge in [0, 0.05) is 24.8 Å². The topological polar surface area (TPSA) is 113 Å². The number of piperidine rings is 1. The number of pyridine rings is 1. The smallest absolute Gasteiger partial charge is 0.307 e. The predicted octanol–water partition coefficient (Wildman–Crippen LogP) is 4.36.